The zero-order valence-corrected chi connectivity index (χ0v) is 13.7. The van der Waals surface area contributed by atoms with Gasteiger partial charge in [0.25, 0.3) is 0 Å². The van der Waals surface area contributed by atoms with Crippen LogP contribution < -0.4 is 10.2 Å². The van der Waals surface area contributed by atoms with Gasteiger partial charge in [-0.3, -0.25) is 0 Å². The van der Waals surface area contributed by atoms with Crippen molar-refractivity contribution in [3.05, 3.63) is 39.8 Å². The second kappa shape index (κ2) is 7.43. The van der Waals surface area contributed by atoms with Crippen molar-refractivity contribution in [2.24, 2.45) is 0 Å². The second-order valence-electron chi connectivity index (χ2n) is 4.95. The van der Waals surface area contributed by atoms with Crippen LogP contribution in [0.5, 0.6) is 0 Å². The van der Waals surface area contributed by atoms with Crippen LogP contribution in [0.15, 0.2) is 24.3 Å². The second-order valence-corrected chi connectivity index (χ2v) is 6.23. The molecule has 0 fully saturated rings. The molecule has 0 bridgehead atoms. The third-order valence-corrected chi connectivity index (χ3v) is 4.51. The van der Waals surface area contributed by atoms with E-state index in [1.165, 1.54) is 4.88 Å². The van der Waals surface area contributed by atoms with Crippen molar-refractivity contribution in [3.8, 4) is 0 Å². The van der Waals surface area contributed by atoms with Crippen LogP contribution in [0.4, 0.5) is 11.4 Å². The first-order valence-electron chi connectivity index (χ1n) is 7.26. The normalized spacial score (nSPS) is 10.7. The van der Waals surface area contributed by atoms with Gasteiger partial charge in [0.05, 0.1) is 23.9 Å². The van der Waals surface area contributed by atoms with Crippen LogP contribution in [-0.2, 0) is 6.54 Å². The molecule has 5 heteroatoms. The smallest absolute Gasteiger partial charge is 0.0900 e. The summed E-state index contributed by atoms with van der Waals surface area (Å²) in [5, 5.41) is 13.6. The predicted octanol–water partition coefficient (Wildman–Crippen LogP) is 3.19. The van der Waals surface area contributed by atoms with Crippen molar-refractivity contribution >= 4 is 22.7 Å². The topological polar surface area (TPSA) is 48.4 Å². The maximum Gasteiger partial charge on any atom is 0.0900 e. The molecule has 1 heterocycles. The molecule has 0 saturated carbocycles. The van der Waals surface area contributed by atoms with E-state index >= 15 is 0 Å². The number of thiazole rings is 1. The standard InChI is InChI=1S/C16H23N3OS/c1-4-19(9-10-20)15-7-5-14(6-8-15)17-11-16-12(2)18-13(3)21-16/h5-8,17,20H,4,9-11H2,1-3H3. The summed E-state index contributed by atoms with van der Waals surface area (Å²) in [5.74, 6) is 0. The van der Waals surface area contributed by atoms with E-state index in [0.717, 1.165) is 35.2 Å². The number of likely N-dealkylation sites (N-methyl/N-ethyl adjacent to an activating group) is 1. The monoisotopic (exact) mass is 305 g/mol. The van der Waals surface area contributed by atoms with E-state index in [9.17, 15) is 0 Å². The molecule has 0 atom stereocenters. The number of hydrogen-bond donors (Lipinski definition) is 2. The van der Waals surface area contributed by atoms with Crippen molar-refractivity contribution in [3.63, 3.8) is 0 Å². The maximum atomic E-state index is 9.06. The van der Waals surface area contributed by atoms with Gasteiger partial charge in [-0.2, -0.15) is 0 Å². The fraction of sp³-hybridized carbons (Fsp3) is 0.438. The summed E-state index contributed by atoms with van der Waals surface area (Å²) in [6, 6.07) is 8.34. The number of hydrogen-bond acceptors (Lipinski definition) is 5. The van der Waals surface area contributed by atoms with Crippen LogP contribution in [-0.4, -0.2) is 29.8 Å². The number of aromatic nitrogens is 1. The summed E-state index contributed by atoms with van der Waals surface area (Å²) >= 11 is 1.74. The Hall–Kier alpha value is -1.59. The van der Waals surface area contributed by atoms with E-state index in [1.54, 1.807) is 11.3 Å². The molecule has 2 aromatic rings. The Balaban J connectivity index is 1.97. The molecule has 0 aliphatic rings. The molecule has 4 nitrogen and oxygen atoms in total. The summed E-state index contributed by atoms with van der Waals surface area (Å²) in [6.07, 6.45) is 0. The quantitative estimate of drug-likeness (QED) is 0.825. The first-order chi connectivity index (χ1) is 10.1. The molecule has 0 saturated heterocycles. The van der Waals surface area contributed by atoms with E-state index in [2.05, 4.69) is 53.3 Å². The third-order valence-electron chi connectivity index (χ3n) is 3.44. The molecule has 1 aromatic heterocycles. The van der Waals surface area contributed by atoms with E-state index in [4.69, 9.17) is 5.11 Å². The minimum Gasteiger partial charge on any atom is -0.395 e. The molecule has 0 unspecified atom stereocenters. The van der Waals surface area contributed by atoms with Gasteiger partial charge in [-0.1, -0.05) is 0 Å². The fourth-order valence-electron chi connectivity index (χ4n) is 2.30. The SMILES string of the molecule is CCN(CCO)c1ccc(NCc2sc(C)nc2C)cc1. The molecule has 0 amide bonds. The lowest BCUT2D eigenvalue weighted by Crippen LogP contribution is -2.25. The molecule has 114 valence electrons. The molecule has 21 heavy (non-hydrogen) atoms. The van der Waals surface area contributed by atoms with Gasteiger partial charge >= 0.3 is 0 Å². The zero-order valence-electron chi connectivity index (χ0n) is 12.9. The highest BCUT2D eigenvalue weighted by Gasteiger charge is 2.05. The lowest BCUT2D eigenvalue weighted by molar-refractivity contribution is 0.302. The van der Waals surface area contributed by atoms with Gasteiger partial charge in [-0.25, -0.2) is 4.98 Å². The summed E-state index contributed by atoms with van der Waals surface area (Å²) in [7, 11) is 0. The molecule has 0 spiro atoms. The van der Waals surface area contributed by atoms with Crippen molar-refractivity contribution in [2.75, 3.05) is 29.9 Å². The van der Waals surface area contributed by atoms with Crippen LogP contribution in [0.25, 0.3) is 0 Å². The van der Waals surface area contributed by atoms with Crippen LogP contribution in [0, 0.1) is 13.8 Å². The Morgan fingerprint density at radius 3 is 2.48 bits per heavy atom. The highest BCUT2D eigenvalue weighted by molar-refractivity contribution is 7.11. The molecule has 2 N–H and O–H groups in total. The van der Waals surface area contributed by atoms with Crippen LogP contribution in [0.1, 0.15) is 22.5 Å². The number of nitrogens with zero attached hydrogens (tertiary/aromatic N) is 2. The molecule has 0 aliphatic heterocycles. The number of anilines is 2. The van der Waals surface area contributed by atoms with Gasteiger partial charge in [0.2, 0.25) is 0 Å². The van der Waals surface area contributed by atoms with Crippen molar-refractivity contribution < 1.29 is 5.11 Å². The Morgan fingerprint density at radius 1 is 1.24 bits per heavy atom. The number of nitrogens with one attached hydrogen (secondary N) is 1. The van der Waals surface area contributed by atoms with Gasteiger partial charge in [0.15, 0.2) is 0 Å². The Kier molecular flexibility index (Phi) is 5.59. The van der Waals surface area contributed by atoms with Crippen LogP contribution in [0.3, 0.4) is 0 Å². The number of aliphatic hydroxyl groups is 1. The molecule has 2 rings (SSSR count). The molecule has 0 radical (unpaired) electrons. The summed E-state index contributed by atoms with van der Waals surface area (Å²) in [5.41, 5.74) is 3.35. The van der Waals surface area contributed by atoms with E-state index < -0.39 is 0 Å². The van der Waals surface area contributed by atoms with Crippen molar-refractivity contribution in [1.29, 1.82) is 0 Å². The molecular weight excluding hydrogens is 282 g/mol. The van der Waals surface area contributed by atoms with Crippen LogP contribution in [0.2, 0.25) is 0 Å². The lowest BCUT2D eigenvalue weighted by atomic mass is 10.2. The third kappa shape index (κ3) is 4.19. The maximum absolute atomic E-state index is 9.06. The van der Waals surface area contributed by atoms with Crippen LogP contribution >= 0.6 is 11.3 Å². The number of aryl methyl sites for hydroxylation is 2. The Bertz CT molecular complexity index is 565. The predicted molar refractivity (Wildman–Crippen MR) is 90.3 cm³/mol. The highest BCUT2D eigenvalue weighted by atomic mass is 32.1. The minimum absolute atomic E-state index is 0.178. The van der Waals surface area contributed by atoms with Gasteiger partial charge in [0, 0.05) is 29.3 Å². The average Bonchev–Trinajstić information content (AvgIpc) is 2.81. The summed E-state index contributed by atoms with van der Waals surface area (Å²) in [4.78, 5) is 7.88. The molecular formula is C16H23N3OS. The number of aliphatic hydroxyl groups excluding tert-OH is 1. The van der Waals surface area contributed by atoms with Gasteiger partial charge < -0.3 is 15.3 Å². The zero-order chi connectivity index (χ0) is 15.2. The van der Waals surface area contributed by atoms with E-state index in [-0.39, 0.29) is 6.61 Å². The minimum atomic E-state index is 0.178. The van der Waals surface area contributed by atoms with E-state index in [1.807, 2.05) is 6.92 Å². The molecule has 1 aromatic carbocycles. The Morgan fingerprint density at radius 2 is 1.95 bits per heavy atom. The number of rotatable bonds is 7. The highest BCUT2D eigenvalue weighted by Crippen LogP contribution is 2.21. The van der Waals surface area contributed by atoms with E-state index in [0.29, 0.717) is 6.54 Å². The van der Waals surface area contributed by atoms with Gasteiger partial charge in [0.1, 0.15) is 0 Å². The molecule has 0 aliphatic carbocycles. The first kappa shape index (κ1) is 15.8. The summed E-state index contributed by atoms with van der Waals surface area (Å²) < 4.78 is 0. The van der Waals surface area contributed by atoms with Gasteiger partial charge in [-0.05, 0) is 45.0 Å². The Labute approximate surface area is 130 Å². The fourth-order valence-corrected chi connectivity index (χ4v) is 3.18. The first-order valence-corrected chi connectivity index (χ1v) is 8.08. The average molecular weight is 305 g/mol. The van der Waals surface area contributed by atoms with Crippen molar-refractivity contribution in [2.45, 2.75) is 27.3 Å². The summed E-state index contributed by atoms with van der Waals surface area (Å²) in [6.45, 7) is 8.74. The van der Waals surface area contributed by atoms with Crippen molar-refractivity contribution in [1.82, 2.24) is 4.98 Å². The lowest BCUT2D eigenvalue weighted by Gasteiger charge is -2.22. The van der Waals surface area contributed by atoms with Gasteiger partial charge in [-0.15, -0.1) is 11.3 Å². The largest absolute Gasteiger partial charge is 0.395 e. The number of benzene rings is 1.